The van der Waals surface area contributed by atoms with Gasteiger partial charge in [-0.3, -0.25) is 4.90 Å². The Hall–Kier alpha value is -0.930. The molecule has 2 aliphatic heterocycles. The maximum absolute atomic E-state index is 6.23. The monoisotopic (exact) mass is 265 g/mol. The van der Waals surface area contributed by atoms with Crippen molar-refractivity contribution in [1.29, 1.82) is 0 Å². The molecule has 0 aliphatic carbocycles. The van der Waals surface area contributed by atoms with E-state index in [9.17, 15) is 0 Å². The fraction of sp³-hybridized carbons (Fsp3) is 0.571. The molecule has 18 heavy (non-hydrogen) atoms. The lowest BCUT2D eigenvalue weighted by atomic mass is 9.99. The van der Waals surface area contributed by atoms with Gasteiger partial charge < -0.3 is 11.1 Å². The lowest BCUT2D eigenvalue weighted by Gasteiger charge is -2.33. The van der Waals surface area contributed by atoms with Crippen LogP contribution in [0.3, 0.4) is 0 Å². The molecule has 0 saturated carbocycles. The number of nitrogen functional groups attached to an aromatic ring is 1. The quantitative estimate of drug-likeness (QED) is 0.808. The molecule has 4 heteroatoms. The Bertz CT molecular complexity index is 415. The molecule has 0 amide bonds. The van der Waals surface area contributed by atoms with Crippen LogP contribution in [-0.4, -0.2) is 30.1 Å². The van der Waals surface area contributed by atoms with Crippen molar-refractivity contribution < 1.29 is 0 Å². The molecule has 2 fully saturated rings. The first-order chi connectivity index (χ1) is 8.75. The highest BCUT2D eigenvalue weighted by Gasteiger charge is 2.35. The van der Waals surface area contributed by atoms with Crippen LogP contribution in [0.4, 0.5) is 11.4 Å². The zero-order valence-corrected chi connectivity index (χ0v) is 11.3. The van der Waals surface area contributed by atoms with Crippen LogP contribution in [0.5, 0.6) is 0 Å². The lowest BCUT2D eigenvalue weighted by molar-refractivity contribution is 0.193. The number of anilines is 2. The highest BCUT2D eigenvalue weighted by atomic mass is 35.5. The van der Waals surface area contributed by atoms with E-state index >= 15 is 0 Å². The Kier molecular flexibility index (Phi) is 3.35. The van der Waals surface area contributed by atoms with E-state index in [-0.39, 0.29) is 0 Å². The molecule has 1 aromatic rings. The molecule has 0 spiro atoms. The van der Waals surface area contributed by atoms with Crippen LogP contribution in [0.2, 0.25) is 5.02 Å². The summed E-state index contributed by atoms with van der Waals surface area (Å²) in [6, 6.07) is 6.85. The second-order valence-corrected chi connectivity index (χ2v) is 5.75. The third kappa shape index (κ3) is 2.17. The van der Waals surface area contributed by atoms with E-state index in [1.54, 1.807) is 0 Å². The van der Waals surface area contributed by atoms with Gasteiger partial charge in [0.1, 0.15) is 0 Å². The summed E-state index contributed by atoms with van der Waals surface area (Å²) in [7, 11) is 0. The number of fused-ring (bicyclic) bond motifs is 1. The first-order valence-electron chi connectivity index (χ1n) is 6.80. The van der Waals surface area contributed by atoms with Crippen LogP contribution in [-0.2, 0) is 0 Å². The van der Waals surface area contributed by atoms with Crippen molar-refractivity contribution >= 4 is 23.0 Å². The van der Waals surface area contributed by atoms with Crippen molar-refractivity contribution in [3.05, 3.63) is 23.2 Å². The Morgan fingerprint density at radius 2 is 2.11 bits per heavy atom. The van der Waals surface area contributed by atoms with E-state index in [4.69, 9.17) is 17.3 Å². The summed E-state index contributed by atoms with van der Waals surface area (Å²) < 4.78 is 0. The minimum absolute atomic E-state index is 0.493. The minimum Gasteiger partial charge on any atom is -0.397 e. The predicted octanol–water partition coefficient (Wildman–Crippen LogP) is 2.96. The summed E-state index contributed by atoms with van der Waals surface area (Å²) in [6.07, 6.45) is 5.17. The van der Waals surface area contributed by atoms with Crippen molar-refractivity contribution in [2.75, 3.05) is 24.1 Å². The van der Waals surface area contributed by atoms with Gasteiger partial charge in [0.25, 0.3) is 0 Å². The van der Waals surface area contributed by atoms with Crippen molar-refractivity contribution in [2.24, 2.45) is 0 Å². The van der Waals surface area contributed by atoms with Gasteiger partial charge in [-0.2, -0.15) is 0 Å². The van der Waals surface area contributed by atoms with Crippen LogP contribution in [0.25, 0.3) is 0 Å². The number of hydrogen-bond donors (Lipinski definition) is 2. The van der Waals surface area contributed by atoms with Crippen LogP contribution < -0.4 is 11.1 Å². The number of benzene rings is 1. The Labute approximate surface area is 113 Å². The van der Waals surface area contributed by atoms with E-state index < -0.39 is 0 Å². The van der Waals surface area contributed by atoms with Crippen molar-refractivity contribution in [1.82, 2.24) is 4.90 Å². The molecule has 2 saturated heterocycles. The molecule has 98 valence electrons. The van der Waals surface area contributed by atoms with Crippen molar-refractivity contribution in [3.8, 4) is 0 Å². The van der Waals surface area contributed by atoms with Crippen LogP contribution in [0.15, 0.2) is 18.2 Å². The molecule has 1 aromatic carbocycles. The molecule has 2 unspecified atom stereocenters. The van der Waals surface area contributed by atoms with E-state index in [0.717, 1.165) is 16.4 Å². The fourth-order valence-corrected chi connectivity index (χ4v) is 3.53. The number of piperidine rings is 1. The summed E-state index contributed by atoms with van der Waals surface area (Å²) in [5.41, 5.74) is 7.67. The summed E-state index contributed by atoms with van der Waals surface area (Å²) in [5.74, 6) is 0. The van der Waals surface area contributed by atoms with Gasteiger partial charge in [0.15, 0.2) is 0 Å². The minimum atomic E-state index is 0.493. The molecule has 0 radical (unpaired) electrons. The summed E-state index contributed by atoms with van der Waals surface area (Å²) in [6.45, 7) is 2.45. The van der Waals surface area contributed by atoms with Crippen LogP contribution in [0.1, 0.15) is 25.7 Å². The first-order valence-corrected chi connectivity index (χ1v) is 7.18. The third-order valence-electron chi connectivity index (χ3n) is 4.23. The van der Waals surface area contributed by atoms with Gasteiger partial charge in [-0.05, 0) is 37.9 Å². The lowest BCUT2D eigenvalue weighted by Crippen LogP contribution is -2.41. The number of nitrogens with zero attached hydrogens (tertiary/aromatic N) is 1. The SMILES string of the molecule is Nc1cccc(Cl)c1NC1CCN2CCCCC12. The zero-order chi connectivity index (χ0) is 12.5. The molecule has 3 N–H and O–H groups in total. The number of halogens is 1. The molecule has 0 bridgehead atoms. The number of nitrogens with one attached hydrogen (secondary N) is 1. The number of rotatable bonds is 2. The summed E-state index contributed by atoms with van der Waals surface area (Å²) in [5, 5.41) is 4.30. The van der Waals surface area contributed by atoms with Gasteiger partial charge in [-0.15, -0.1) is 0 Å². The van der Waals surface area contributed by atoms with E-state index in [0.29, 0.717) is 12.1 Å². The number of para-hydroxylation sites is 1. The molecular formula is C14H20ClN3. The highest BCUT2D eigenvalue weighted by Crippen LogP contribution is 2.34. The van der Waals surface area contributed by atoms with Gasteiger partial charge in [-0.1, -0.05) is 24.1 Å². The highest BCUT2D eigenvalue weighted by molar-refractivity contribution is 6.33. The maximum Gasteiger partial charge on any atom is 0.0765 e. The molecule has 3 rings (SSSR count). The topological polar surface area (TPSA) is 41.3 Å². The Morgan fingerprint density at radius 3 is 2.94 bits per heavy atom. The van der Waals surface area contributed by atoms with E-state index in [1.807, 2.05) is 18.2 Å². The van der Waals surface area contributed by atoms with Crippen LogP contribution in [0, 0.1) is 0 Å². The average molecular weight is 266 g/mol. The van der Waals surface area contributed by atoms with Gasteiger partial charge in [-0.25, -0.2) is 0 Å². The second kappa shape index (κ2) is 4.98. The molecule has 0 aromatic heterocycles. The predicted molar refractivity (Wildman–Crippen MR) is 77.1 cm³/mol. The fourth-order valence-electron chi connectivity index (χ4n) is 3.29. The van der Waals surface area contributed by atoms with Crippen LogP contribution >= 0.6 is 11.6 Å². The largest absolute Gasteiger partial charge is 0.397 e. The van der Waals surface area contributed by atoms with Crippen molar-refractivity contribution in [3.63, 3.8) is 0 Å². The van der Waals surface area contributed by atoms with E-state index in [1.165, 1.54) is 38.8 Å². The Balaban J connectivity index is 1.76. The van der Waals surface area contributed by atoms with Gasteiger partial charge in [0.2, 0.25) is 0 Å². The molecular weight excluding hydrogens is 246 g/mol. The third-order valence-corrected chi connectivity index (χ3v) is 4.55. The normalized spacial score (nSPS) is 28.1. The maximum atomic E-state index is 6.23. The summed E-state index contributed by atoms with van der Waals surface area (Å²) in [4.78, 5) is 2.61. The van der Waals surface area contributed by atoms with E-state index in [2.05, 4.69) is 10.2 Å². The number of hydrogen-bond acceptors (Lipinski definition) is 3. The standard InChI is InChI=1S/C14H20ClN3/c15-10-4-3-5-11(16)14(10)17-12-7-9-18-8-2-1-6-13(12)18/h3-5,12-13,17H,1-2,6-9,16H2. The van der Waals surface area contributed by atoms with Crippen molar-refractivity contribution in [2.45, 2.75) is 37.8 Å². The first kappa shape index (κ1) is 12.1. The smallest absolute Gasteiger partial charge is 0.0765 e. The Morgan fingerprint density at radius 1 is 1.22 bits per heavy atom. The zero-order valence-electron chi connectivity index (χ0n) is 10.5. The molecule has 2 atom stereocenters. The summed E-state index contributed by atoms with van der Waals surface area (Å²) >= 11 is 6.23. The molecule has 2 heterocycles. The number of nitrogens with two attached hydrogens (primary N) is 1. The van der Waals surface area contributed by atoms with Gasteiger partial charge >= 0.3 is 0 Å². The average Bonchev–Trinajstić information content (AvgIpc) is 2.77. The van der Waals surface area contributed by atoms with Gasteiger partial charge in [0, 0.05) is 18.6 Å². The molecule has 2 aliphatic rings. The van der Waals surface area contributed by atoms with Gasteiger partial charge in [0.05, 0.1) is 16.4 Å². The second-order valence-electron chi connectivity index (χ2n) is 5.34. The molecule has 3 nitrogen and oxygen atoms in total.